The molecule has 1 aromatic carbocycles. The number of carbonyl (C=O) groups is 1. The Labute approximate surface area is 109 Å². The molecule has 2 rings (SSSR count). The zero-order chi connectivity index (χ0) is 14.0. The third kappa shape index (κ3) is 2.42. The summed E-state index contributed by atoms with van der Waals surface area (Å²) >= 11 is 0. The molecule has 0 aliphatic heterocycles. The van der Waals surface area contributed by atoms with Gasteiger partial charge in [0.05, 0.1) is 18.3 Å². The summed E-state index contributed by atoms with van der Waals surface area (Å²) in [6.45, 7) is 1.58. The highest BCUT2D eigenvalue weighted by Crippen LogP contribution is 2.30. The Balaban J connectivity index is 2.51. The molecule has 0 fully saturated rings. The van der Waals surface area contributed by atoms with Gasteiger partial charge in [0.1, 0.15) is 6.04 Å². The second-order valence-electron chi connectivity index (χ2n) is 4.11. The van der Waals surface area contributed by atoms with Gasteiger partial charge in [0, 0.05) is 17.3 Å². The number of anilines is 2. The van der Waals surface area contributed by atoms with Crippen LogP contribution < -0.4 is 11.1 Å². The molecule has 0 aliphatic rings. The number of methoxy groups -OCH3 is 1. The molecule has 6 heteroatoms. The number of nitrogens with zero attached hydrogens (tertiary/aromatic N) is 1. The van der Waals surface area contributed by atoms with Gasteiger partial charge in [-0.25, -0.2) is 9.18 Å². The standard InChI is InChI=1S/C13H14FN3O2/c1-7(13(18)19-2)17-12-9(14)6-10(15)8-4-3-5-16-11(8)12/h3-7,17H,15H2,1-2H3. The van der Waals surface area contributed by atoms with Gasteiger partial charge in [-0.1, -0.05) is 0 Å². The molecular weight excluding hydrogens is 249 g/mol. The Morgan fingerprint density at radius 3 is 3.00 bits per heavy atom. The maximum atomic E-state index is 14.0. The van der Waals surface area contributed by atoms with E-state index in [1.54, 1.807) is 19.1 Å². The molecule has 1 aromatic heterocycles. The van der Waals surface area contributed by atoms with Crippen molar-refractivity contribution in [1.29, 1.82) is 0 Å². The number of benzene rings is 1. The highest BCUT2D eigenvalue weighted by molar-refractivity contribution is 5.99. The number of carbonyl (C=O) groups excluding carboxylic acids is 1. The summed E-state index contributed by atoms with van der Waals surface area (Å²) in [5, 5.41) is 3.39. The van der Waals surface area contributed by atoms with Crippen LogP contribution >= 0.6 is 0 Å². The van der Waals surface area contributed by atoms with Crippen molar-refractivity contribution in [3.63, 3.8) is 0 Å². The van der Waals surface area contributed by atoms with E-state index in [1.165, 1.54) is 19.4 Å². The zero-order valence-electron chi connectivity index (χ0n) is 10.6. The van der Waals surface area contributed by atoms with Crippen LogP contribution in [-0.2, 0) is 9.53 Å². The molecule has 1 atom stereocenters. The molecule has 19 heavy (non-hydrogen) atoms. The molecule has 0 saturated heterocycles. The van der Waals surface area contributed by atoms with Crippen molar-refractivity contribution < 1.29 is 13.9 Å². The van der Waals surface area contributed by atoms with E-state index in [1.807, 2.05) is 0 Å². The lowest BCUT2D eigenvalue weighted by atomic mass is 10.1. The monoisotopic (exact) mass is 263 g/mol. The molecule has 5 nitrogen and oxygen atoms in total. The van der Waals surface area contributed by atoms with Crippen LogP contribution in [0, 0.1) is 5.82 Å². The Morgan fingerprint density at radius 2 is 2.32 bits per heavy atom. The van der Waals surface area contributed by atoms with Gasteiger partial charge in [-0.15, -0.1) is 0 Å². The van der Waals surface area contributed by atoms with E-state index in [0.29, 0.717) is 16.6 Å². The minimum Gasteiger partial charge on any atom is -0.467 e. The van der Waals surface area contributed by atoms with Crippen molar-refractivity contribution in [3.8, 4) is 0 Å². The van der Waals surface area contributed by atoms with Gasteiger partial charge in [0.2, 0.25) is 0 Å². The van der Waals surface area contributed by atoms with Gasteiger partial charge in [-0.2, -0.15) is 0 Å². The van der Waals surface area contributed by atoms with Crippen LogP contribution in [0.15, 0.2) is 24.4 Å². The Kier molecular flexibility index (Phi) is 3.50. The van der Waals surface area contributed by atoms with Crippen molar-refractivity contribution in [2.24, 2.45) is 0 Å². The van der Waals surface area contributed by atoms with E-state index in [-0.39, 0.29) is 5.69 Å². The van der Waals surface area contributed by atoms with Gasteiger partial charge in [0.25, 0.3) is 0 Å². The zero-order valence-corrected chi connectivity index (χ0v) is 10.6. The van der Waals surface area contributed by atoms with Crippen molar-refractivity contribution in [3.05, 3.63) is 30.2 Å². The average Bonchev–Trinajstić information content (AvgIpc) is 2.42. The molecule has 100 valence electrons. The lowest BCUT2D eigenvalue weighted by Gasteiger charge is -2.15. The van der Waals surface area contributed by atoms with Gasteiger partial charge in [-0.05, 0) is 25.1 Å². The molecule has 1 heterocycles. The first-order chi connectivity index (χ1) is 9.04. The third-order valence-corrected chi connectivity index (χ3v) is 2.79. The number of hydrogen-bond acceptors (Lipinski definition) is 5. The van der Waals surface area contributed by atoms with Crippen LogP contribution in [0.5, 0.6) is 0 Å². The van der Waals surface area contributed by atoms with E-state index in [9.17, 15) is 9.18 Å². The quantitative estimate of drug-likeness (QED) is 0.653. The number of fused-ring (bicyclic) bond motifs is 1. The number of pyridine rings is 1. The highest BCUT2D eigenvalue weighted by atomic mass is 19.1. The summed E-state index contributed by atoms with van der Waals surface area (Å²) < 4.78 is 18.6. The van der Waals surface area contributed by atoms with Crippen LogP contribution in [0.2, 0.25) is 0 Å². The summed E-state index contributed by atoms with van der Waals surface area (Å²) in [7, 11) is 1.27. The number of esters is 1. The van der Waals surface area contributed by atoms with Crippen molar-refractivity contribution in [2.45, 2.75) is 13.0 Å². The predicted molar refractivity (Wildman–Crippen MR) is 71.2 cm³/mol. The lowest BCUT2D eigenvalue weighted by Crippen LogP contribution is -2.27. The Bertz CT molecular complexity index is 631. The SMILES string of the molecule is COC(=O)C(C)Nc1c(F)cc(N)c2cccnc12. The topological polar surface area (TPSA) is 77.2 Å². The first kappa shape index (κ1) is 13.1. The van der Waals surface area contributed by atoms with Crippen molar-refractivity contribution in [2.75, 3.05) is 18.2 Å². The largest absolute Gasteiger partial charge is 0.467 e. The average molecular weight is 263 g/mol. The number of halogens is 1. The molecule has 3 N–H and O–H groups in total. The number of nitrogens with one attached hydrogen (secondary N) is 1. The fourth-order valence-electron chi connectivity index (χ4n) is 1.83. The van der Waals surface area contributed by atoms with Crippen LogP contribution in [-0.4, -0.2) is 24.1 Å². The molecule has 0 amide bonds. The van der Waals surface area contributed by atoms with Gasteiger partial charge in [-0.3, -0.25) is 4.98 Å². The molecule has 0 spiro atoms. The van der Waals surface area contributed by atoms with Crippen molar-refractivity contribution >= 4 is 28.2 Å². The van der Waals surface area contributed by atoms with E-state index in [4.69, 9.17) is 5.73 Å². The number of ether oxygens (including phenoxy) is 1. The fourth-order valence-corrected chi connectivity index (χ4v) is 1.83. The highest BCUT2D eigenvalue weighted by Gasteiger charge is 2.18. The number of nitrogens with two attached hydrogens (primary N) is 1. The summed E-state index contributed by atoms with van der Waals surface area (Å²) in [5.74, 6) is -1.04. The van der Waals surface area contributed by atoms with E-state index >= 15 is 0 Å². The van der Waals surface area contributed by atoms with Crippen molar-refractivity contribution in [1.82, 2.24) is 4.98 Å². The first-order valence-electron chi connectivity index (χ1n) is 5.71. The number of nitrogen functional groups attached to an aromatic ring is 1. The maximum absolute atomic E-state index is 14.0. The summed E-state index contributed by atoms with van der Waals surface area (Å²) in [6, 6.07) is 3.97. The molecule has 0 bridgehead atoms. The van der Waals surface area contributed by atoms with E-state index in [2.05, 4.69) is 15.0 Å². The van der Waals surface area contributed by atoms with Gasteiger partial charge < -0.3 is 15.8 Å². The molecule has 1 unspecified atom stereocenters. The maximum Gasteiger partial charge on any atom is 0.327 e. The summed E-state index contributed by atoms with van der Waals surface area (Å²) in [4.78, 5) is 15.5. The molecule has 2 aromatic rings. The second-order valence-corrected chi connectivity index (χ2v) is 4.11. The van der Waals surface area contributed by atoms with Crippen LogP contribution in [0.25, 0.3) is 10.9 Å². The van der Waals surface area contributed by atoms with Crippen LogP contribution in [0.4, 0.5) is 15.8 Å². The normalized spacial score (nSPS) is 12.2. The Hall–Kier alpha value is -2.37. The van der Waals surface area contributed by atoms with Crippen LogP contribution in [0.3, 0.4) is 0 Å². The molecule has 0 aliphatic carbocycles. The number of hydrogen-bond donors (Lipinski definition) is 2. The first-order valence-corrected chi connectivity index (χ1v) is 5.71. The lowest BCUT2D eigenvalue weighted by molar-refractivity contribution is -0.141. The minimum absolute atomic E-state index is 0.141. The molecule has 0 radical (unpaired) electrons. The minimum atomic E-state index is -0.687. The van der Waals surface area contributed by atoms with Gasteiger partial charge >= 0.3 is 5.97 Å². The number of aromatic nitrogens is 1. The third-order valence-electron chi connectivity index (χ3n) is 2.79. The van der Waals surface area contributed by atoms with Gasteiger partial charge in [0.15, 0.2) is 5.82 Å². The van der Waals surface area contributed by atoms with E-state index in [0.717, 1.165) is 0 Å². The number of rotatable bonds is 3. The summed E-state index contributed by atoms with van der Waals surface area (Å²) in [5.41, 5.74) is 6.57. The van der Waals surface area contributed by atoms with E-state index < -0.39 is 17.8 Å². The predicted octanol–water partition coefficient (Wildman–Crippen LogP) is 1.93. The second kappa shape index (κ2) is 5.09. The molecule has 0 saturated carbocycles. The molecular formula is C13H14FN3O2. The van der Waals surface area contributed by atoms with Crippen LogP contribution in [0.1, 0.15) is 6.92 Å². The smallest absolute Gasteiger partial charge is 0.327 e. The fraction of sp³-hybridized carbons (Fsp3) is 0.231. The Morgan fingerprint density at radius 1 is 1.58 bits per heavy atom. The summed E-state index contributed by atoms with van der Waals surface area (Å²) in [6.07, 6.45) is 1.54.